The molecule has 1 fully saturated rings. The van der Waals surface area contributed by atoms with Gasteiger partial charge in [-0.2, -0.15) is 5.10 Å². The van der Waals surface area contributed by atoms with Crippen molar-refractivity contribution in [2.45, 2.75) is 52.5 Å². The molecule has 0 saturated carbocycles. The molecule has 0 bridgehead atoms. The molecule has 0 aromatic carbocycles. The first kappa shape index (κ1) is 21.4. The summed E-state index contributed by atoms with van der Waals surface area (Å²) in [7, 11) is -1.28. The highest BCUT2D eigenvalue weighted by Crippen LogP contribution is 2.19. The van der Waals surface area contributed by atoms with E-state index < -0.39 is 15.8 Å². The monoisotopic (exact) mass is 399 g/mol. The molecule has 0 N–H and O–H groups in total. The van der Waals surface area contributed by atoms with E-state index in [2.05, 4.69) is 5.10 Å². The van der Waals surface area contributed by atoms with Crippen molar-refractivity contribution >= 4 is 21.7 Å². The number of sulfone groups is 1. The maximum absolute atomic E-state index is 12.6. The highest BCUT2D eigenvalue weighted by molar-refractivity contribution is 7.91. The molecule has 1 amide bonds. The number of hydrogen-bond acceptors (Lipinski definition) is 6. The van der Waals surface area contributed by atoms with Gasteiger partial charge in [0.15, 0.2) is 16.4 Å². The van der Waals surface area contributed by atoms with E-state index in [-0.39, 0.29) is 36.5 Å². The Kier molecular flexibility index (Phi) is 7.02. The van der Waals surface area contributed by atoms with Gasteiger partial charge < -0.3 is 9.64 Å². The molecule has 1 aromatic rings. The Labute approximate surface area is 160 Å². The fourth-order valence-corrected chi connectivity index (χ4v) is 5.09. The van der Waals surface area contributed by atoms with E-state index in [4.69, 9.17) is 4.74 Å². The van der Waals surface area contributed by atoms with Gasteiger partial charge in [0.25, 0.3) is 5.91 Å². The molecule has 9 heteroatoms. The van der Waals surface area contributed by atoms with E-state index in [1.165, 1.54) is 0 Å². The largest absolute Gasteiger partial charge is 0.455 e. The minimum Gasteiger partial charge on any atom is -0.455 e. The summed E-state index contributed by atoms with van der Waals surface area (Å²) >= 11 is 0. The number of amides is 1. The lowest BCUT2D eigenvalue weighted by atomic mass is 10.1. The number of aromatic nitrogens is 2. The second-order valence-corrected chi connectivity index (χ2v) is 9.34. The van der Waals surface area contributed by atoms with Gasteiger partial charge in [0.1, 0.15) is 0 Å². The smallest absolute Gasteiger partial charge is 0.310 e. The standard InChI is InChI=1S/C18H29N3O5S/c1-5-6-8-21(15-7-9-27(24,25)12-15)17(22)11-26-18(23)10-16-13(2)19-20(4)14(16)3/h15H,5-12H2,1-4H3. The maximum atomic E-state index is 12.6. The van der Waals surface area contributed by atoms with Crippen LogP contribution in [0.2, 0.25) is 0 Å². The summed E-state index contributed by atoms with van der Waals surface area (Å²) in [6.45, 7) is 5.83. The average Bonchev–Trinajstić information content (AvgIpc) is 3.07. The number of ether oxygens (including phenoxy) is 1. The summed E-state index contributed by atoms with van der Waals surface area (Å²) in [5, 5.41) is 4.26. The van der Waals surface area contributed by atoms with Crippen molar-refractivity contribution in [2.75, 3.05) is 24.7 Å². The third-order valence-electron chi connectivity index (χ3n) is 5.06. The average molecular weight is 400 g/mol. The van der Waals surface area contributed by atoms with Crippen molar-refractivity contribution in [1.29, 1.82) is 0 Å². The van der Waals surface area contributed by atoms with E-state index in [0.29, 0.717) is 13.0 Å². The minimum atomic E-state index is -3.09. The van der Waals surface area contributed by atoms with Crippen molar-refractivity contribution in [3.63, 3.8) is 0 Å². The Morgan fingerprint density at radius 1 is 1.33 bits per heavy atom. The lowest BCUT2D eigenvalue weighted by Gasteiger charge is -2.28. The number of carbonyl (C=O) groups is 2. The topological polar surface area (TPSA) is 98.6 Å². The fraction of sp³-hybridized carbons (Fsp3) is 0.722. The van der Waals surface area contributed by atoms with Crippen LogP contribution in [-0.2, 0) is 37.6 Å². The molecule has 0 aliphatic carbocycles. The number of carbonyl (C=O) groups excluding carboxylic acids is 2. The lowest BCUT2D eigenvalue weighted by Crippen LogP contribution is -2.44. The van der Waals surface area contributed by atoms with Crippen molar-refractivity contribution in [2.24, 2.45) is 7.05 Å². The number of rotatable bonds is 8. The zero-order valence-electron chi connectivity index (χ0n) is 16.5. The van der Waals surface area contributed by atoms with E-state index in [1.807, 2.05) is 27.8 Å². The summed E-state index contributed by atoms with van der Waals surface area (Å²) < 4.78 is 30.4. The molecule has 2 heterocycles. The molecular weight excluding hydrogens is 370 g/mol. The van der Waals surface area contributed by atoms with Gasteiger partial charge in [-0.3, -0.25) is 14.3 Å². The number of nitrogens with zero attached hydrogens (tertiary/aromatic N) is 3. The highest BCUT2D eigenvalue weighted by atomic mass is 32.2. The second kappa shape index (κ2) is 8.86. The Hall–Kier alpha value is -1.90. The third-order valence-corrected chi connectivity index (χ3v) is 6.81. The van der Waals surface area contributed by atoms with Crippen LogP contribution in [0.15, 0.2) is 0 Å². The van der Waals surface area contributed by atoms with Gasteiger partial charge in [0, 0.05) is 30.9 Å². The normalized spacial score (nSPS) is 18.4. The van der Waals surface area contributed by atoms with Gasteiger partial charge in [0.2, 0.25) is 0 Å². The van der Waals surface area contributed by atoms with Gasteiger partial charge in [-0.05, 0) is 26.7 Å². The van der Waals surface area contributed by atoms with Crippen molar-refractivity contribution in [1.82, 2.24) is 14.7 Å². The Morgan fingerprint density at radius 3 is 2.56 bits per heavy atom. The van der Waals surface area contributed by atoms with E-state index in [9.17, 15) is 18.0 Å². The summed E-state index contributed by atoms with van der Waals surface area (Å²) in [6, 6.07) is -0.324. The molecular formula is C18H29N3O5S. The lowest BCUT2D eigenvalue weighted by molar-refractivity contribution is -0.152. The minimum absolute atomic E-state index is 0.00945. The molecule has 152 valence electrons. The molecule has 1 aromatic heterocycles. The summed E-state index contributed by atoms with van der Waals surface area (Å²) in [5.41, 5.74) is 2.45. The number of aryl methyl sites for hydroxylation is 2. The third kappa shape index (κ3) is 5.54. The van der Waals surface area contributed by atoms with Gasteiger partial charge in [-0.1, -0.05) is 13.3 Å². The molecule has 0 spiro atoms. The molecule has 1 unspecified atom stereocenters. The molecule has 27 heavy (non-hydrogen) atoms. The molecule has 1 aliphatic rings. The molecule has 0 radical (unpaired) electrons. The van der Waals surface area contributed by atoms with Crippen LogP contribution in [0.25, 0.3) is 0 Å². The highest BCUT2D eigenvalue weighted by Gasteiger charge is 2.34. The maximum Gasteiger partial charge on any atom is 0.310 e. The molecule has 8 nitrogen and oxygen atoms in total. The number of hydrogen-bond donors (Lipinski definition) is 0. The first-order valence-corrected chi connectivity index (χ1v) is 11.1. The van der Waals surface area contributed by atoms with Crippen LogP contribution >= 0.6 is 0 Å². The Balaban J connectivity index is 1.95. The van der Waals surface area contributed by atoms with Crippen molar-refractivity contribution < 1.29 is 22.7 Å². The quantitative estimate of drug-likeness (QED) is 0.603. The van der Waals surface area contributed by atoms with Gasteiger partial charge in [-0.15, -0.1) is 0 Å². The summed E-state index contributed by atoms with van der Waals surface area (Å²) in [4.78, 5) is 26.3. The Bertz CT molecular complexity index is 800. The van der Waals surface area contributed by atoms with E-state index >= 15 is 0 Å². The zero-order valence-corrected chi connectivity index (χ0v) is 17.3. The van der Waals surface area contributed by atoms with E-state index in [0.717, 1.165) is 29.8 Å². The van der Waals surface area contributed by atoms with Crippen LogP contribution in [0.1, 0.15) is 43.1 Å². The Morgan fingerprint density at radius 2 is 2.04 bits per heavy atom. The molecule has 1 saturated heterocycles. The van der Waals surface area contributed by atoms with Crippen LogP contribution in [0, 0.1) is 13.8 Å². The van der Waals surface area contributed by atoms with Crippen LogP contribution in [0.4, 0.5) is 0 Å². The summed E-state index contributed by atoms with van der Waals surface area (Å²) in [6.07, 6.45) is 2.18. The number of unbranched alkanes of at least 4 members (excludes halogenated alkanes) is 1. The first-order valence-electron chi connectivity index (χ1n) is 9.29. The zero-order chi connectivity index (χ0) is 20.2. The summed E-state index contributed by atoms with van der Waals surface area (Å²) in [5.74, 6) is -0.729. The van der Waals surface area contributed by atoms with Crippen LogP contribution < -0.4 is 0 Å². The SMILES string of the molecule is CCCCN(C(=O)COC(=O)Cc1c(C)nn(C)c1C)C1CCS(=O)(=O)C1. The van der Waals surface area contributed by atoms with Crippen LogP contribution in [0.5, 0.6) is 0 Å². The van der Waals surface area contributed by atoms with Gasteiger partial charge in [-0.25, -0.2) is 8.42 Å². The predicted molar refractivity (Wildman–Crippen MR) is 101 cm³/mol. The predicted octanol–water partition coefficient (Wildman–Crippen LogP) is 0.938. The molecule has 1 atom stereocenters. The first-order chi connectivity index (χ1) is 12.6. The fourth-order valence-electron chi connectivity index (χ4n) is 3.35. The van der Waals surface area contributed by atoms with Gasteiger partial charge in [0.05, 0.1) is 23.6 Å². The molecule has 2 rings (SSSR count). The number of esters is 1. The molecule has 1 aliphatic heterocycles. The van der Waals surface area contributed by atoms with Gasteiger partial charge >= 0.3 is 5.97 Å². The van der Waals surface area contributed by atoms with Crippen LogP contribution in [-0.4, -0.2) is 65.7 Å². The van der Waals surface area contributed by atoms with Crippen molar-refractivity contribution in [3.05, 3.63) is 17.0 Å². The second-order valence-electron chi connectivity index (χ2n) is 7.11. The van der Waals surface area contributed by atoms with E-state index in [1.54, 1.807) is 9.58 Å². The van der Waals surface area contributed by atoms with Crippen molar-refractivity contribution in [3.8, 4) is 0 Å². The van der Waals surface area contributed by atoms with Crippen LogP contribution in [0.3, 0.4) is 0 Å².